The molecule has 0 N–H and O–H groups in total. The van der Waals surface area contributed by atoms with Crippen molar-refractivity contribution < 1.29 is 4.79 Å². The molecule has 1 aromatic rings. The minimum atomic E-state index is 0.341. The molecule has 0 aromatic carbocycles. The van der Waals surface area contributed by atoms with Crippen molar-refractivity contribution in [3.8, 4) is 0 Å². The first-order chi connectivity index (χ1) is 7.75. The second-order valence-corrected chi connectivity index (χ2v) is 6.69. The Morgan fingerprint density at radius 2 is 2.12 bits per heavy atom. The molecule has 2 nitrogen and oxygen atoms in total. The third kappa shape index (κ3) is 3.32. The van der Waals surface area contributed by atoms with Crippen molar-refractivity contribution >= 4 is 33.2 Å². The maximum absolute atomic E-state index is 11.8. The van der Waals surface area contributed by atoms with E-state index in [4.69, 9.17) is 0 Å². The fourth-order valence-corrected chi connectivity index (χ4v) is 3.55. The number of hydrogen-bond donors (Lipinski definition) is 0. The van der Waals surface area contributed by atoms with Crippen molar-refractivity contribution in [2.24, 2.45) is 0 Å². The van der Waals surface area contributed by atoms with Crippen LogP contribution in [-0.4, -0.2) is 23.9 Å². The molecule has 0 spiro atoms. The zero-order valence-electron chi connectivity index (χ0n) is 9.25. The van der Waals surface area contributed by atoms with Crippen LogP contribution in [0.5, 0.6) is 0 Å². The molecule has 4 heteroatoms. The summed E-state index contributed by atoms with van der Waals surface area (Å²) >= 11 is 5.21. The lowest BCUT2D eigenvalue weighted by molar-refractivity contribution is -0.130. The number of carbonyl (C=O) groups is 1. The Morgan fingerprint density at radius 3 is 2.75 bits per heavy atom. The SMILES string of the molecule is O=C(CCCc1ccc(Br)s1)N1CCCC1. The van der Waals surface area contributed by atoms with Gasteiger partial charge in [0.1, 0.15) is 0 Å². The van der Waals surface area contributed by atoms with E-state index in [0.717, 1.165) is 25.9 Å². The molecule has 0 aliphatic carbocycles. The Hall–Kier alpha value is -0.350. The molecule has 0 saturated carbocycles. The van der Waals surface area contributed by atoms with Gasteiger partial charge >= 0.3 is 0 Å². The largest absolute Gasteiger partial charge is 0.343 e. The Kier molecular flexibility index (Phi) is 4.41. The van der Waals surface area contributed by atoms with Gasteiger partial charge in [-0.3, -0.25) is 4.79 Å². The van der Waals surface area contributed by atoms with Crippen LogP contribution in [0.25, 0.3) is 0 Å². The van der Waals surface area contributed by atoms with Gasteiger partial charge in [0.25, 0.3) is 0 Å². The van der Waals surface area contributed by atoms with Gasteiger partial charge in [-0.15, -0.1) is 11.3 Å². The van der Waals surface area contributed by atoms with Crippen molar-refractivity contribution in [3.05, 3.63) is 20.8 Å². The molecular weight excluding hydrogens is 286 g/mol. The molecule has 1 aliphatic heterocycles. The lowest BCUT2D eigenvalue weighted by Gasteiger charge is -2.14. The van der Waals surface area contributed by atoms with Crippen molar-refractivity contribution in [2.75, 3.05) is 13.1 Å². The van der Waals surface area contributed by atoms with E-state index in [0.29, 0.717) is 12.3 Å². The summed E-state index contributed by atoms with van der Waals surface area (Å²) in [6, 6.07) is 4.21. The molecule has 0 atom stereocenters. The number of carbonyl (C=O) groups excluding carboxylic acids is 1. The first kappa shape index (κ1) is 12.1. The first-order valence-corrected chi connectivity index (χ1v) is 7.38. The minimum absolute atomic E-state index is 0.341. The van der Waals surface area contributed by atoms with Crippen molar-refractivity contribution in [1.29, 1.82) is 0 Å². The average Bonchev–Trinajstić information content (AvgIpc) is 2.89. The lowest BCUT2D eigenvalue weighted by Crippen LogP contribution is -2.27. The van der Waals surface area contributed by atoms with Gasteiger partial charge in [0.05, 0.1) is 3.79 Å². The summed E-state index contributed by atoms with van der Waals surface area (Å²) in [6.45, 7) is 1.95. The lowest BCUT2D eigenvalue weighted by atomic mass is 10.2. The summed E-state index contributed by atoms with van der Waals surface area (Å²) in [5.41, 5.74) is 0. The predicted octanol–water partition coefficient (Wildman–Crippen LogP) is 3.46. The van der Waals surface area contributed by atoms with Gasteiger partial charge in [0.15, 0.2) is 0 Å². The molecule has 2 heterocycles. The van der Waals surface area contributed by atoms with Gasteiger partial charge < -0.3 is 4.90 Å². The number of rotatable bonds is 4. The highest BCUT2D eigenvalue weighted by Crippen LogP contribution is 2.23. The predicted molar refractivity (Wildman–Crippen MR) is 70.8 cm³/mol. The number of likely N-dealkylation sites (tertiary alicyclic amines) is 1. The molecule has 0 unspecified atom stereocenters. The zero-order valence-corrected chi connectivity index (χ0v) is 11.6. The molecule has 1 aromatic heterocycles. The summed E-state index contributed by atoms with van der Waals surface area (Å²) in [5, 5.41) is 0. The summed E-state index contributed by atoms with van der Waals surface area (Å²) in [4.78, 5) is 15.1. The van der Waals surface area contributed by atoms with Gasteiger partial charge in [0.2, 0.25) is 5.91 Å². The highest BCUT2D eigenvalue weighted by Gasteiger charge is 2.16. The number of nitrogens with zero attached hydrogens (tertiary/aromatic N) is 1. The molecule has 0 bridgehead atoms. The summed E-state index contributed by atoms with van der Waals surface area (Å²) < 4.78 is 1.17. The summed E-state index contributed by atoms with van der Waals surface area (Å²) in [5.74, 6) is 0.341. The highest BCUT2D eigenvalue weighted by molar-refractivity contribution is 9.11. The van der Waals surface area contributed by atoms with E-state index in [-0.39, 0.29) is 0 Å². The van der Waals surface area contributed by atoms with E-state index in [1.54, 1.807) is 11.3 Å². The van der Waals surface area contributed by atoms with Gasteiger partial charge in [-0.25, -0.2) is 0 Å². The number of hydrogen-bond acceptors (Lipinski definition) is 2. The van der Waals surface area contributed by atoms with Gasteiger partial charge in [0, 0.05) is 24.4 Å². The van der Waals surface area contributed by atoms with Gasteiger partial charge in [-0.05, 0) is 53.7 Å². The van der Waals surface area contributed by atoms with Crippen LogP contribution in [0.4, 0.5) is 0 Å². The van der Waals surface area contributed by atoms with Crippen LogP contribution >= 0.6 is 27.3 Å². The van der Waals surface area contributed by atoms with Gasteiger partial charge in [-0.1, -0.05) is 0 Å². The normalized spacial score (nSPS) is 15.7. The van der Waals surface area contributed by atoms with E-state index in [1.807, 2.05) is 4.90 Å². The Balaban J connectivity index is 1.69. The topological polar surface area (TPSA) is 20.3 Å². The number of halogens is 1. The number of thiophene rings is 1. The van der Waals surface area contributed by atoms with Crippen molar-refractivity contribution in [3.63, 3.8) is 0 Å². The van der Waals surface area contributed by atoms with Crippen LogP contribution in [0.15, 0.2) is 15.9 Å². The number of amides is 1. The Labute approximate surface area is 109 Å². The van der Waals surface area contributed by atoms with Crippen LogP contribution in [-0.2, 0) is 11.2 Å². The van der Waals surface area contributed by atoms with Gasteiger partial charge in [-0.2, -0.15) is 0 Å². The van der Waals surface area contributed by atoms with Crippen LogP contribution in [0.2, 0.25) is 0 Å². The average molecular weight is 302 g/mol. The first-order valence-electron chi connectivity index (χ1n) is 5.78. The van der Waals surface area contributed by atoms with E-state index in [9.17, 15) is 4.79 Å². The van der Waals surface area contributed by atoms with Crippen LogP contribution in [0.1, 0.15) is 30.6 Å². The fraction of sp³-hybridized carbons (Fsp3) is 0.583. The third-order valence-electron chi connectivity index (χ3n) is 2.90. The smallest absolute Gasteiger partial charge is 0.222 e. The Bertz CT molecular complexity index is 358. The molecule has 1 amide bonds. The maximum Gasteiger partial charge on any atom is 0.222 e. The molecule has 88 valence electrons. The van der Waals surface area contributed by atoms with Crippen LogP contribution < -0.4 is 0 Å². The van der Waals surface area contributed by atoms with E-state index in [1.165, 1.54) is 21.5 Å². The van der Waals surface area contributed by atoms with E-state index in [2.05, 4.69) is 28.1 Å². The number of aryl methyl sites for hydroxylation is 1. The fourth-order valence-electron chi connectivity index (χ4n) is 2.02. The molecule has 1 fully saturated rings. The highest BCUT2D eigenvalue weighted by atomic mass is 79.9. The minimum Gasteiger partial charge on any atom is -0.343 e. The monoisotopic (exact) mass is 301 g/mol. The second kappa shape index (κ2) is 5.82. The molecule has 16 heavy (non-hydrogen) atoms. The molecule has 1 saturated heterocycles. The van der Waals surface area contributed by atoms with Crippen molar-refractivity contribution in [1.82, 2.24) is 4.90 Å². The molecule has 2 rings (SSSR count). The molecule has 1 aliphatic rings. The Morgan fingerprint density at radius 1 is 1.38 bits per heavy atom. The zero-order chi connectivity index (χ0) is 11.4. The quantitative estimate of drug-likeness (QED) is 0.834. The van der Waals surface area contributed by atoms with E-state index < -0.39 is 0 Å². The van der Waals surface area contributed by atoms with Crippen LogP contribution in [0.3, 0.4) is 0 Å². The summed E-state index contributed by atoms with van der Waals surface area (Å²) in [6.07, 6.45) is 5.07. The second-order valence-electron chi connectivity index (χ2n) is 4.15. The molecular formula is C12H16BrNOS. The maximum atomic E-state index is 11.8. The van der Waals surface area contributed by atoms with Crippen molar-refractivity contribution in [2.45, 2.75) is 32.1 Å². The molecule has 0 radical (unpaired) electrons. The summed E-state index contributed by atoms with van der Waals surface area (Å²) in [7, 11) is 0. The standard InChI is InChI=1S/C12H16BrNOS/c13-11-7-6-10(16-11)4-3-5-12(15)14-8-1-2-9-14/h6-7H,1-5,8-9H2. The van der Waals surface area contributed by atoms with E-state index >= 15 is 0 Å². The third-order valence-corrected chi connectivity index (χ3v) is 4.58. The van der Waals surface area contributed by atoms with Crippen LogP contribution in [0, 0.1) is 0 Å².